The van der Waals surface area contributed by atoms with E-state index in [0.717, 1.165) is 13.8 Å². The van der Waals surface area contributed by atoms with E-state index >= 15 is 0 Å². The quantitative estimate of drug-likeness (QED) is 0.167. The van der Waals surface area contributed by atoms with Gasteiger partial charge in [-0.15, -0.1) is 0 Å². The molecule has 0 aliphatic carbocycles. The Kier molecular flexibility index (Phi) is 11.1. The fraction of sp³-hybridized carbons (Fsp3) is 0.500. The third kappa shape index (κ3) is 13.5. The molecule has 150 valence electrons. The summed E-state index contributed by atoms with van der Waals surface area (Å²) in [5.41, 5.74) is 0. The second-order valence-corrected chi connectivity index (χ2v) is 4.14. The molecule has 0 aromatic heterocycles. The van der Waals surface area contributed by atoms with Crippen molar-refractivity contribution < 1.29 is 66.8 Å². The number of hydrogen-bond acceptors (Lipinski definition) is 13. The van der Waals surface area contributed by atoms with Gasteiger partial charge >= 0.3 is 37.7 Å². The van der Waals surface area contributed by atoms with Gasteiger partial charge in [-0.05, 0) is 0 Å². The molecule has 15 heteroatoms. The highest BCUT2D eigenvalue weighted by Crippen LogP contribution is 2.00. The summed E-state index contributed by atoms with van der Waals surface area (Å²) in [7, 11) is -2.34. The molecule has 14 nitrogen and oxygen atoms in total. The summed E-state index contributed by atoms with van der Waals surface area (Å²) in [6.07, 6.45) is -4.65. The molecule has 0 aromatic rings. The predicted octanol–water partition coefficient (Wildman–Crippen LogP) is -0.332. The van der Waals surface area contributed by atoms with E-state index < -0.39 is 63.3 Å². The lowest BCUT2D eigenvalue weighted by Crippen LogP contribution is -2.37. The first-order chi connectivity index (χ1) is 12.6. The molecular formula is C12H15BO14. The van der Waals surface area contributed by atoms with Crippen LogP contribution >= 0.6 is 0 Å². The van der Waals surface area contributed by atoms with Gasteiger partial charge in [0.2, 0.25) is 5.78 Å². The van der Waals surface area contributed by atoms with Crippen LogP contribution in [0.1, 0.15) is 13.8 Å². The maximum absolute atomic E-state index is 11.4. The van der Waals surface area contributed by atoms with E-state index in [1.54, 1.807) is 0 Å². The van der Waals surface area contributed by atoms with Crippen LogP contribution in [0.25, 0.3) is 0 Å². The maximum Gasteiger partial charge on any atom is 0.875 e. The summed E-state index contributed by atoms with van der Waals surface area (Å²) < 4.78 is 30.3. The Balaban J connectivity index is 4.50. The van der Waals surface area contributed by atoms with Crippen LogP contribution in [-0.2, 0) is 47.3 Å². The number of ketones is 1. The molecule has 27 heavy (non-hydrogen) atoms. The third-order valence-electron chi connectivity index (χ3n) is 2.01. The van der Waals surface area contributed by atoms with Crippen LogP contribution in [0.2, 0.25) is 0 Å². The lowest BCUT2D eigenvalue weighted by molar-refractivity contribution is -0.148. The minimum Gasteiger partial charge on any atom is -0.462 e. The minimum absolute atomic E-state index is 0.297. The van der Waals surface area contributed by atoms with Gasteiger partial charge in [0.05, 0.1) is 0 Å². The highest BCUT2D eigenvalue weighted by molar-refractivity contribution is 6.48. The zero-order valence-electron chi connectivity index (χ0n) is 14.2. The van der Waals surface area contributed by atoms with Gasteiger partial charge in [0.1, 0.15) is 26.4 Å². The van der Waals surface area contributed by atoms with Gasteiger partial charge in [0.15, 0.2) is 0 Å². The van der Waals surface area contributed by atoms with Crippen molar-refractivity contribution in [1.29, 1.82) is 0 Å². The van der Waals surface area contributed by atoms with Gasteiger partial charge in [-0.25, -0.2) is 19.2 Å². The Morgan fingerprint density at radius 1 is 0.704 bits per heavy atom. The molecule has 0 atom stereocenters. The summed E-state index contributed by atoms with van der Waals surface area (Å²) in [6, 6.07) is 0. The molecule has 0 saturated carbocycles. The molecule has 1 N–H and O–H groups in total. The number of carbonyl (C=O) groups is 6. The van der Waals surface area contributed by atoms with Crippen molar-refractivity contribution >= 4 is 43.5 Å². The molecule has 0 saturated heterocycles. The van der Waals surface area contributed by atoms with Crippen LogP contribution in [0.3, 0.4) is 0 Å². The number of rotatable bonds is 10. The van der Waals surface area contributed by atoms with Crippen LogP contribution < -0.4 is 0 Å². The van der Waals surface area contributed by atoms with Gasteiger partial charge in [-0.1, -0.05) is 0 Å². The van der Waals surface area contributed by atoms with Gasteiger partial charge in [-0.2, -0.15) is 0 Å². The van der Waals surface area contributed by atoms with Crippen LogP contribution in [0.4, 0.5) is 14.4 Å². The fourth-order valence-electron chi connectivity index (χ4n) is 1.03. The standard InChI is InChI=1S/C12H15BO14/c1-7(14)9(16)25-13(26-11(19)23-5-3-21-8(2)15)27-12(20)24-6-4-22-10(17)18/h3-6H2,1-2H3,(H,17,18). The fourth-order valence-corrected chi connectivity index (χ4v) is 1.03. The zero-order chi connectivity index (χ0) is 20.8. The number of ether oxygens (including phenoxy) is 4. The summed E-state index contributed by atoms with van der Waals surface area (Å²) in [5.74, 6) is -3.23. The Morgan fingerprint density at radius 2 is 1.15 bits per heavy atom. The predicted molar refractivity (Wildman–Crippen MR) is 78.0 cm³/mol. The first-order valence-electron chi connectivity index (χ1n) is 6.99. The second-order valence-electron chi connectivity index (χ2n) is 4.14. The molecule has 0 spiro atoms. The smallest absolute Gasteiger partial charge is 0.462 e. The van der Waals surface area contributed by atoms with Crippen molar-refractivity contribution in [3.05, 3.63) is 0 Å². The van der Waals surface area contributed by atoms with E-state index in [0.29, 0.717) is 0 Å². The van der Waals surface area contributed by atoms with Gasteiger partial charge in [0.25, 0.3) is 0 Å². The summed E-state index contributed by atoms with van der Waals surface area (Å²) >= 11 is 0. The highest BCUT2D eigenvalue weighted by Gasteiger charge is 2.39. The minimum atomic E-state index is -2.34. The number of hydrogen-bond donors (Lipinski definition) is 1. The Labute approximate surface area is 151 Å². The van der Waals surface area contributed by atoms with Crippen LogP contribution in [-0.4, -0.2) is 75.0 Å². The number of esters is 1. The SMILES string of the molecule is CC(=O)OCCOC(=O)OB(OC(=O)OCCOC(=O)O)OC(=O)C(C)=O. The first kappa shape index (κ1) is 23.5. The first-order valence-corrected chi connectivity index (χ1v) is 6.99. The van der Waals surface area contributed by atoms with Crippen molar-refractivity contribution in [3.63, 3.8) is 0 Å². The molecule has 0 fully saturated rings. The van der Waals surface area contributed by atoms with Gasteiger partial charge < -0.3 is 38.0 Å². The van der Waals surface area contributed by atoms with Crippen LogP contribution in [0, 0.1) is 0 Å². The largest absolute Gasteiger partial charge is 0.875 e. The van der Waals surface area contributed by atoms with E-state index in [9.17, 15) is 28.8 Å². The average Bonchev–Trinajstić information content (AvgIpc) is 2.55. The van der Waals surface area contributed by atoms with Crippen molar-refractivity contribution in [1.82, 2.24) is 0 Å². The van der Waals surface area contributed by atoms with Crippen molar-refractivity contribution in [2.45, 2.75) is 13.8 Å². The van der Waals surface area contributed by atoms with Crippen LogP contribution in [0.15, 0.2) is 0 Å². The molecule has 0 radical (unpaired) electrons. The molecule has 0 aromatic carbocycles. The number of carboxylic acid groups (broad SMARTS) is 1. The maximum atomic E-state index is 11.4. The lowest BCUT2D eigenvalue weighted by atomic mass is 10.2. The van der Waals surface area contributed by atoms with E-state index in [2.05, 4.69) is 32.9 Å². The molecule has 0 rings (SSSR count). The molecular weight excluding hydrogens is 379 g/mol. The average molecular weight is 394 g/mol. The summed E-state index contributed by atoms with van der Waals surface area (Å²) in [4.78, 5) is 65.4. The highest BCUT2D eigenvalue weighted by atomic mass is 16.9. The Hall–Kier alpha value is -3.52. The molecule has 0 bridgehead atoms. The van der Waals surface area contributed by atoms with Crippen molar-refractivity contribution in [2.75, 3.05) is 26.4 Å². The monoisotopic (exact) mass is 394 g/mol. The van der Waals surface area contributed by atoms with Gasteiger partial charge in [-0.3, -0.25) is 9.59 Å². The number of Topliss-reactive ketones (excluding diaryl/α,β-unsaturated/α-hetero) is 1. The molecule has 0 unspecified atom stereocenters. The zero-order valence-corrected chi connectivity index (χ0v) is 14.2. The second kappa shape index (κ2) is 12.8. The van der Waals surface area contributed by atoms with E-state index in [4.69, 9.17) is 5.11 Å². The van der Waals surface area contributed by atoms with Crippen molar-refractivity contribution in [3.8, 4) is 0 Å². The molecule has 0 heterocycles. The van der Waals surface area contributed by atoms with E-state index in [1.807, 2.05) is 0 Å². The third-order valence-corrected chi connectivity index (χ3v) is 2.01. The molecule has 0 amide bonds. The normalized spacial score (nSPS) is 9.26. The summed E-state index contributed by atoms with van der Waals surface area (Å²) in [5, 5.41) is 8.21. The van der Waals surface area contributed by atoms with E-state index in [-0.39, 0.29) is 6.61 Å². The lowest BCUT2D eigenvalue weighted by Gasteiger charge is -2.12. The molecule has 0 aliphatic heterocycles. The Bertz CT molecular complexity index is 536. The van der Waals surface area contributed by atoms with E-state index in [1.165, 1.54) is 0 Å². The van der Waals surface area contributed by atoms with Gasteiger partial charge in [0, 0.05) is 13.8 Å². The Morgan fingerprint density at radius 3 is 1.56 bits per heavy atom. The molecule has 0 aliphatic rings. The van der Waals surface area contributed by atoms with Crippen molar-refractivity contribution in [2.24, 2.45) is 0 Å². The van der Waals surface area contributed by atoms with Crippen LogP contribution in [0.5, 0.6) is 0 Å². The number of carbonyl (C=O) groups excluding carboxylic acids is 5. The summed E-state index contributed by atoms with van der Waals surface area (Å²) in [6.45, 7) is 0.138. The topological polar surface area (TPSA) is 187 Å².